The van der Waals surface area contributed by atoms with Crippen LogP contribution in [0.5, 0.6) is 0 Å². The van der Waals surface area contributed by atoms with Gasteiger partial charge in [0.2, 0.25) is 0 Å². The van der Waals surface area contributed by atoms with Gasteiger partial charge >= 0.3 is 5.97 Å². The Hall–Kier alpha value is -2.95. The fourth-order valence-corrected chi connectivity index (χ4v) is 3.00. The topological polar surface area (TPSA) is 54.3 Å². The molecule has 120 valence electrons. The molecule has 5 heteroatoms. The van der Waals surface area contributed by atoms with Crippen molar-refractivity contribution in [2.75, 3.05) is 18.0 Å². The summed E-state index contributed by atoms with van der Waals surface area (Å²) in [5.41, 5.74) is 3.45. The van der Waals surface area contributed by atoms with Gasteiger partial charge in [-0.25, -0.2) is 9.79 Å². The van der Waals surface area contributed by atoms with E-state index in [1.807, 2.05) is 54.6 Å². The van der Waals surface area contributed by atoms with E-state index < -0.39 is 5.97 Å². The molecule has 0 atom stereocenters. The van der Waals surface area contributed by atoms with E-state index in [1.54, 1.807) is 0 Å². The Bertz CT molecular complexity index is 804. The van der Waals surface area contributed by atoms with Crippen molar-refractivity contribution in [1.29, 1.82) is 0 Å². The van der Waals surface area contributed by atoms with Crippen molar-refractivity contribution in [3.8, 4) is 0 Å². The van der Waals surface area contributed by atoms with Crippen LogP contribution in [-0.4, -0.2) is 30.5 Å². The lowest BCUT2D eigenvalue weighted by Crippen LogP contribution is -2.18. The first-order valence-corrected chi connectivity index (χ1v) is 8.10. The predicted molar refractivity (Wildman–Crippen MR) is 94.1 cm³/mol. The van der Waals surface area contributed by atoms with E-state index in [-0.39, 0.29) is 5.71 Å². The van der Waals surface area contributed by atoms with E-state index in [4.69, 9.17) is 4.84 Å². The number of anilines is 1. The monoisotopic (exact) mass is 319 g/mol. The van der Waals surface area contributed by atoms with Crippen LogP contribution in [0.2, 0.25) is 0 Å². The number of hydrogen-bond donors (Lipinski definition) is 0. The van der Waals surface area contributed by atoms with E-state index in [9.17, 15) is 4.79 Å². The van der Waals surface area contributed by atoms with Crippen LogP contribution in [0.15, 0.2) is 64.7 Å². The van der Waals surface area contributed by atoms with Crippen molar-refractivity contribution < 1.29 is 9.63 Å². The maximum Gasteiger partial charge on any atom is 0.386 e. The summed E-state index contributed by atoms with van der Waals surface area (Å²) < 4.78 is 0. The van der Waals surface area contributed by atoms with Gasteiger partial charge in [-0.2, -0.15) is 0 Å². The third kappa shape index (κ3) is 2.80. The minimum absolute atomic E-state index is 0.245. The van der Waals surface area contributed by atoms with Crippen LogP contribution in [0.1, 0.15) is 18.4 Å². The highest BCUT2D eigenvalue weighted by Crippen LogP contribution is 2.24. The smallest absolute Gasteiger partial charge is 0.372 e. The van der Waals surface area contributed by atoms with Crippen molar-refractivity contribution in [2.45, 2.75) is 12.8 Å². The molecule has 0 amide bonds. The van der Waals surface area contributed by atoms with E-state index in [0.717, 1.165) is 24.3 Å². The summed E-state index contributed by atoms with van der Waals surface area (Å²) in [5.74, 6) is -0.516. The van der Waals surface area contributed by atoms with Crippen LogP contribution in [0, 0.1) is 0 Å². The molecule has 2 aliphatic rings. The fraction of sp³-hybridized carbons (Fsp3) is 0.211. The van der Waals surface area contributed by atoms with Gasteiger partial charge in [-0.15, -0.1) is 0 Å². The van der Waals surface area contributed by atoms with Gasteiger partial charge in [-0.1, -0.05) is 35.5 Å². The molecule has 2 aromatic carbocycles. The standard InChI is InChI=1S/C19H17N3O2/c23-19-18(17(21-24-19)14-6-2-1-3-7-14)20-15-8-10-16(11-9-15)22-12-4-5-13-22/h1-3,6-11H,4-5,12-13H2. The number of carbonyl (C=O) groups is 1. The van der Waals surface area contributed by atoms with Crippen molar-refractivity contribution in [3.05, 3.63) is 60.2 Å². The molecular formula is C19H17N3O2. The molecule has 0 spiro atoms. The van der Waals surface area contributed by atoms with Crippen LogP contribution in [0.25, 0.3) is 0 Å². The summed E-state index contributed by atoms with van der Waals surface area (Å²) in [4.78, 5) is 23.6. The van der Waals surface area contributed by atoms with Gasteiger partial charge in [-0.05, 0) is 37.1 Å². The molecule has 0 unspecified atom stereocenters. The van der Waals surface area contributed by atoms with E-state index in [2.05, 4.69) is 15.0 Å². The number of oxime groups is 1. The van der Waals surface area contributed by atoms with Gasteiger partial charge in [0.15, 0.2) is 5.71 Å². The summed E-state index contributed by atoms with van der Waals surface area (Å²) in [5, 5.41) is 3.87. The van der Waals surface area contributed by atoms with Crippen LogP contribution in [0.4, 0.5) is 11.4 Å². The summed E-state index contributed by atoms with van der Waals surface area (Å²) in [6.45, 7) is 2.20. The van der Waals surface area contributed by atoms with Crippen LogP contribution in [0.3, 0.4) is 0 Å². The number of benzene rings is 2. The summed E-state index contributed by atoms with van der Waals surface area (Å²) in [6, 6.07) is 17.4. The Labute approximate surface area is 140 Å². The number of nitrogens with zero attached hydrogens (tertiary/aromatic N) is 3. The largest absolute Gasteiger partial charge is 0.386 e. The highest BCUT2D eigenvalue weighted by Gasteiger charge is 2.28. The molecule has 2 aromatic rings. The number of aliphatic imine (C=N–C) groups is 1. The molecule has 24 heavy (non-hydrogen) atoms. The number of hydrogen-bond acceptors (Lipinski definition) is 5. The predicted octanol–water partition coefficient (Wildman–Crippen LogP) is 3.32. The Morgan fingerprint density at radius 2 is 1.67 bits per heavy atom. The Balaban J connectivity index is 1.61. The molecule has 0 aromatic heterocycles. The molecule has 1 fully saturated rings. The lowest BCUT2D eigenvalue weighted by Gasteiger charge is -2.17. The number of carbonyl (C=O) groups excluding carboxylic acids is 1. The van der Waals surface area contributed by atoms with Gasteiger partial charge in [0.25, 0.3) is 0 Å². The molecule has 0 saturated carbocycles. The Kier molecular flexibility index (Phi) is 3.83. The van der Waals surface area contributed by atoms with E-state index in [0.29, 0.717) is 5.71 Å². The summed E-state index contributed by atoms with van der Waals surface area (Å²) in [7, 11) is 0. The van der Waals surface area contributed by atoms with Crippen molar-refractivity contribution in [3.63, 3.8) is 0 Å². The van der Waals surface area contributed by atoms with Gasteiger partial charge in [0.05, 0.1) is 5.69 Å². The maximum atomic E-state index is 12.0. The molecule has 0 aliphatic carbocycles. The van der Waals surface area contributed by atoms with E-state index >= 15 is 0 Å². The van der Waals surface area contributed by atoms with Gasteiger partial charge in [0, 0.05) is 24.3 Å². The minimum atomic E-state index is -0.516. The Morgan fingerprint density at radius 1 is 0.958 bits per heavy atom. The summed E-state index contributed by atoms with van der Waals surface area (Å²) >= 11 is 0. The molecule has 4 rings (SSSR count). The SMILES string of the molecule is O=C1ON=C(c2ccccc2)C1=Nc1ccc(N2CCCC2)cc1. The van der Waals surface area contributed by atoms with Crippen molar-refractivity contribution >= 4 is 28.8 Å². The molecule has 5 nitrogen and oxygen atoms in total. The van der Waals surface area contributed by atoms with Crippen molar-refractivity contribution in [2.24, 2.45) is 10.1 Å². The van der Waals surface area contributed by atoms with Crippen molar-refractivity contribution in [1.82, 2.24) is 0 Å². The molecule has 0 radical (unpaired) electrons. The first-order chi connectivity index (χ1) is 11.8. The maximum absolute atomic E-state index is 12.0. The molecular weight excluding hydrogens is 302 g/mol. The lowest BCUT2D eigenvalue weighted by atomic mass is 10.1. The fourth-order valence-electron chi connectivity index (χ4n) is 3.00. The van der Waals surface area contributed by atoms with Gasteiger partial charge in [0.1, 0.15) is 5.71 Å². The molecule has 2 aliphatic heterocycles. The Morgan fingerprint density at radius 3 is 2.38 bits per heavy atom. The zero-order valence-corrected chi connectivity index (χ0v) is 13.2. The first kappa shape index (κ1) is 14.6. The minimum Gasteiger partial charge on any atom is -0.372 e. The average molecular weight is 319 g/mol. The first-order valence-electron chi connectivity index (χ1n) is 8.10. The third-order valence-electron chi connectivity index (χ3n) is 4.25. The highest BCUT2D eigenvalue weighted by atomic mass is 16.7. The second-order valence-corrected chi connectivity index (χ2v) is 5.86. The average Bonchev–Trinajstić information content (AvgIpc) is 3.28. The van der Waals surface area contributed by atoms with Crippen LogP contribution >= 0.6 is 0 Å². The van der Waals surface area contributed by atoms with Crippen LogP contribution < -0.4 is 4.90 Å². The zero-order chi connectivity index (χ0) is 16.4. The van der Waals surface area contributed by atoms with E-state index in [1.165, 1.54) is 18.5 Å². The second kappa shape index (κ2) is 6.28. The summed E-state index contributed by atoms with van der Waals surface area (Å²) in [6.07, 6.45) is 2.49. The molecule has 0 N–H and O–H groups in total. The second-order valence-electron chi connectivity index (χ2n) is 5.86. The normalized spacial score (nSPS) is 18.8. The number of rotatable bonds is 3. The highest BCUT2D eigenvalue weighted by molar-refractivity contribution is 6.70. The zero-order valence-electron chi connectivity index (χ0n) is 13.2. The molecule has 2 heterocycles. The lowest BCUT2D eigenvalue weighted by molar-refractivity contribution is -0.134. The third-order valence-corrected chi connectivity index (χ3v) is 4.25. The molecule has 1 saturated heterocycles. The quantitative estimate of drug-likeness (QED) is 0.816. The van der Waals surface area contributed by atoms with Gasteiger partial charge in [-0.3, -0.25) is 0 Å². The molecule has 0 bridgehead atoms. The van der Waals surface area contributed by atoms with Gasteiger partial charge < -0.3 is 9.74 Å². The van der Waals surface area contributed by atoms with Crippen LogP contribution in [-0.2, 0) is 9.63 Å².